The third kappa shape index (κ3) is 6.05. The first-order valence-corrected chi connectivity index (χ1v) is 11.4. The maximum absolute atomic E-state index is 12.5. The van der Waals surface area contributed by atoms with E-state index in [0.29, 0.717) is 35.2 Å². The Labute approximate surface area is 209 Å². The summed E-state index contributed by atoms with van der Waals surface area (Å²) in [5, 5.41) is 13.0. The number of benzene rings is 2. The van der Waals surface area contributed by atoms with Crippen LogP contribution in [0, 0.1) is 6.92 Å². The lowest BCUT2D eigenvalue weighted by atomic mass is 10.2. The van der Waals surface area contributed by atoms with Crippen LogP contribution in [0.25, 0.3) is 5.65 Å². The maximum atomic E-state index is 12.5. The number of hydrogen-bond donors (Lipinski definition) is 2. The van der Waals surface area contributed by atoms with Crippen molar-refractivity contribution in [3.8, 4) is 23.0 Å². The number of nitrogens with zero attached hydrogens (tertiary/aromatic N) is 2. The molecule has 0 bridgehead atoms. The monoisotopic (exact) mass is 491 g/mol. The molecule has 4 rings (SSSR count). The Balaban J connectivity index is 1.25. The zero-order valence-electron chi connectivity index (χ0n) is 20.4. The highest BCUT2D eigenvalue weighted by Gasteiger charge is 2.15. The number of fused-ring (bicyclic) bond motifs is 1. The number of imidazole rings is 1. The second kappa shape index (κ2) is 11.5. The molecule has 2 aromatic heterocycles. The Morgan fingerprint density at radius 1 is 1.00 bits per heavy atom. The number of methoxy groups -OCH3 is 2. The summed E-state index contributed by atoms with van der Waals surface area (Å²) in [5.41, 5.74) is 3.27. The van der Waals surface area contributed by atoms with Gasteiger partial charge in [-0.3, -0.25) is 4.79 Å². The standard InChI is InChI=1S/C27H29N3O6/c1-18-7-12-25-29-20(15-30(25)14-18)16-35-22-10-8-19(9-11-22)27(32)28-13-21(31)17-36-26-23(33-2)5-4-6-24(26)34-3/h4-12,14-15,21,31H,13,16-17H2,1-3H3,(H,28,32). The number of ether oxygens (including phenoxy) is 4. The molecule has 2 N–H and O–H groups in total. The Morgan fingerprint density at radius 3 is 2.42 bits per heavy atom. The average Bonchev–Trinajstić information content (AvgIpc) is 3.31. The quantitative estimate of drug-likeness (QED) is 0.331. The van der Waals surface area contributed by atoms with Crippen molar-refractivity contribution >= 4 is 11.6 Å². The number of para-hydroxylation sites is 1. The van der Waals surface area contributed by atoms with Gasteiger partial charge < -0.3 is 33.8 Å². The van der Waals surface area contributed by atoms with Gasteiger partial charge >= 0.3 is 0 Å². The van der Waals surface area contributed by atoms with Gasteiger partial charge in [-0.25, -0.2) is 4.98 Å². The van der Waals surface area contributed by atoms with Crippen molar-refractivity contribution in [1.29, 1.82) is 0 Å². The molecular weight excluding hydrogens is 462 g/mol. The molecule has 0 spiro atoms. The molecule has 9 heteroatoms. The van der Waals surface area contributed by atoms with Crippen LogP contribution in [0.2, 0.25) is 0 Å². The minimum absolute atomic E-state index is 0.0158. The summed E-state index contributed by atoms with van der Waals surface area (Å²) in [7, 11) is 3.05. The fourth-order valence-corrected chi connectivity index (χ4v) is 3.60. The van der Waals surface area contributed by atoms with Gasteiger partial charge in [-0.05, 0) is 55.0 Å². The van der Waals surface area contributed by atoms with Crippen molar-refractivity contribution in [3.63, 3.8) is 0 Å². The summed E-state index contributed by atoms with van der Waals surface area (Å²) in [6.07, 6.45) is 3.02. The molecule has 9 nitrogen and oxygen atoms in total. The zero-order chi connectivity index (χ0) is 25.5. The van der Waals surface area contributed by atoms with Crippen molar-refractivity contribution < 1.29 is 28.8 Å². The number of hydrogen-bond acceptors (Lipinski definition) is 7. The fourth-order valence-electron chi connectivity index (χ4n) is 3.60. The molecule has 2 aromatic carbocycles. The van der Waals surface area contributed by atoms with Gasteiger partial charge in [0.15, 0.2) is 11.5 Å². The van der Waals surface area contributed by atoms with Gasteiger partial charge in [0.25, 0.3) is 5.91 Å². The lowest BCUT2D eigenvalue weighted by Gasteiger charge is -2.17. The summed E-state index contributed by atoms with van der Waals surface area (Å²) in [5.74, 6) is 1.68. The van der Waals surface area contributed by atoms with Crippen molar-refractivity contribution in [2.45, 2.75) is 19.6 Å². The zero-order valence-corrected chi connectivity index (χ0v) is 20.4. The number of aliphatic hydroxyl groups excluding tert-OH is 1. The van der Waals surface area contributed by atoms with Crippen LogP contribution in [0.15, 0.2) is 67.0 Å². The highest BCUT2D eigenvalue weighted by atomic mass is 16.5. The van der Waals surface area contributed by atoms with Gasteiger partial charge in [0.2, 0.25) is 5.75 Å². The van der Waals surface area contributed by atoms with Gasteiger partial charge in [-0.15, -0.1) is 0 Å². The molecule has 1 atom stereocenters. The predicted octanol–water partition coefficient (Wildman–Crippen LogP) is 3.41. The van der Waals surface area contributed by atoms with Crippen LogP contribution >= 0.6 is 0 Å². The number of aromatic nitrogens is 2. The highest BCUT2D eigenvalue weighted by molar-refractivity contribution is 5.94. The van der Waals surface area contributed by atoms with Gasteiger partial charge in [0.1, 0.15) is 30.7 Å². The van der Waals surface area contributed by atoms with E-state index in [2.05, 4.69) is 10.3 Å². The van der Waals surface area contributed by atoms with Crippen molar-refractivity contribution in [2.75, 3.05) is 27.4 Å². The van der Waals surface area contributed by atoms with Gasteiger partial charge in [0, 0.05) is 24.5 Å². The predicted molar refractivity (Wildman–Crippen MR) is 134 cm³/mol. The molecule has 1 amide bonds. The van der Waals surface area contributed by atoms with E-state index >= 15 is 0 Å². The minimum Gasteiger partial charge on any atom is -0.493 e. The molecule has 2 heterocycles. The van der Waals surface area contributed by atoms with E-state index in [4.69, 9.17) is 18.9 Å². The minimum atomic E-state index is -0.930. The maximum Gasteiger partial charge on any atom is 0.251 e. The molecular formula is C27H29N3O6. The Kier molecular flexibility index (Phi) is 7.92. The number of nitrogens with one attached hydrogen (secondary N) is 1. The topological polar surface area (TPSA) is 104 Å². The molecule has 0 radical (unpaired) electrons. The number of pyridine rings is 1. The molecule has 4 aromatic rings. The van der Waals surface area contributed by atoms with E-state index in [9.17, 15) is 9.90 Å². The Morgan fingerprint density at radius 2 is 1.72 bits per heavy atom. The second-order valence-corrected chi connectivity index (χ2v) is 8.18. The molecule has 1 unspecified atom stereocenters. The van der Waals surface area contributed by atoms with Crippen LogP contribution in [-0.4, -0.2) is 53.9 Å². The number of aliphatic hydroxyl groups is 1. The summed E-state index contributed by atoms with van der Waals surface area (Å²) >= 11 is 0. The van der Waals surface area contributed by atoms with E-state index in [0.717, 1.165) is 16.9 Å². The van der Waals surface area contributed by atoms with Crippen LogP contribution in [0.4, 0.5) is 0 Å². The SMILES string of the molecule is COc1cccc(OC)c1OCC(O)CNC(=O)c1ccc(OCc2cn3cc(C)ccc3n2)cc1. The fraction of sp³-hybridized carbons (Fsp3) is 0.259. The molecule has 188 valence electrons. The van der Waals surface area contributed by atoms with Crippen LogP contribution in [0.1, 0.15) is 21.6 Å². The molecule has 36 heavy (non-hydrogen) atoms. The highest BCUT2D eigenvalue weighted by Crippen LogP contribution is 2.36. The summed E-state index contributed by atoms with van der Waals surface area (Å²) in [6.45, 7) is 2.31. The third-order valence-electron chi connectivity index (χ3n) is 5.45. The van der Waals surface area contributed by atoms with Crippen molar-refractivity contribution in [3.05, 3.63) is 83.8 Å². The Bertz CT molecular complexity index is 1300. The number of rotatable bonds is 11. The Hall–Kier alpha value is -4.24. The first-order chi connectivity index (χ1) is 17.5. The number of aryl methyl sites for hydroxylation is 1. The first kappa shape index (κ1) is 24.9. The van der Waals surface area contributed by atoms with E-state index in [1.165, 1.54) is 14.2 Å². The first-order valence-electron chi connectivity index (χ1n) is 11.4. The molecule has 0 fully saturated rings. The van der Waals surface area contributed by atoms with Gasteiger partial charge in [-0.2, -0.15) is 0 Å². The van der Waals surface area contributed by atoms with Crippen LogP contribution in [-0.2, 0) is 6.61 Å². The van der Waals surface area contributed by atoms with Crippen molar-refractivity contribution in [1.82, 2.24) is 14.7 Å². The number of carbonyl (C=O) groups excluding carboxylic acids is 1. The van der Waals surface area contributed by atoms with E-state index < -0.39 is 6.10 Å². The lowest BCUT2D eigenvalue weighted by molar-refractivity contribution is 0.0833. The summed E-state index contributed by atoms with van der Waals surface area (Å²) in [4.78, 5) is 17.0. The third-order valence-corrected chi connectivity index (χ3v) is 5.45. The number of carbonyl (C=O) groups is 1. The average molecular weight is 492 g/mol. The number of amides is 1. The summed E-state index contributed by atoms with van der Waals surface area (Å²) in [6, 6.07) is 16.0. The van der Waals surface area contributed by atoms with Crippen LogP contribution in [0.3, 0.4) is 0 Å². The van der Waals surface area contributed by atoms with E-state index in [-0.39, 0.29) is 19.1 Å². The summed E-state index contributed by atoms with van der Waals surface area (Å²) < 4.78 is 24.0. The molecule has 0 saturated heterocycles. The molecule has 0 aliphatic rings. The van der Waals surface area contributed by atoms with E-state index in [1.54, 1.807) is 42.5 Å². The van der Waals surface area contributed by atoms with Crippen LogP contribution in [0.5, 0.6) is 23.0 Å². The lowest BCUT2D eigenvalue weighted by Crippen LogP contribution is -2.35. The van der Waals surface area contributed by atoms with Crippen molar-refractivity contribution in [2.24, 2.45) is 0 Å². The van der Waals surface area contributed by atoms with E-state index in [1.807, 2.05) is 35.9 Å². The normalized spacial score (nSPS) is 11.7. The second-order valence-electron chi connectivity index (χ2n) is 8.18. The molecule has 0 saturated carbocycles. The molecule has 0 aliphatic carbocycles. The smallest absolute Gasteiger partial charge is 0.251 e. The van der Waals surface area contributed by atoms with Crippen LogP contribution < -0.4 is 24.3 Å². The largest absolute Gasteiger partial charge is 0.493 e. The molecule has 0 aliphatic heterocycles. The van der Waals surface area contributed by atoms with Gasteiger partial charge in [0.05, 0.1) is 19.9 Å². The van der Waals surface area contributed by atoms with Gasteiger partial charge in [-0.1, -0.05) is 12.1 Å².